The molecule has 0 atom stereocenters. The van der Waals surface area contributed by atoms with Gasteiger partial charge in [-0.2, -0.15) is 0 Å². The summed E-state index contributed by atoms with van der Waals surface area (Å²) in [5.41, 5.74) is 3.44. The third-order valence-corrected chi connectivity index (χ3v) is 3.30. The van der Waals surface area contributed by atoms with Crippen molar-refractivity contribution in [2.75, 3.05) is 0 Å². The molecule has 0 unspecified atom stereocenters. The van der Waals surface area contributed by atoms with Crippen LogP contribution in [0.1, 0.15) is 51.3 Å². The molecule has 0 heteroatoms. The Hall–Kier alpha value is -2.18. The molecule has 0 nitrogen and oxygen atoms in total. The van der Waals surface area contributed by atoms with E-state index in [0.717, 1.165) is 11.1 Å². The Kier molecular flexibility index (Phi) is 4.63. The lowest BCUT2D eigenvalue weighted by Gasteiger charge is -2.09. The van der Waals surface area contributed by atoms with Gasteiger partial charge in [0.2, 0.25) is 0 Å². The summed E-state index contributed by atoms with van der Waals surface area (Å²) in [4.78, 5) is 0. The highest BCUT2D eigenvalue weighted by atomic mass is 14.1. The van der Waals surface area contributed by atoms with E-state index in [9.17, 15) is 0 Å². The summed E-state index contributed by atoms with van der Waals surface area (Å²) in [6.07, 6.45) is 0. The molecule has 112 valence electrons. The predicted octanol–water partition coefficient (Wildman–Crippen LogP) is 5.55. The number of hydrogen-bond donors (Lipinski definition) is 0. The Bertz CT molecular complexity index is 806. The summed E-state index contributed by atoms with van der Waals surface area (Å²) < 4.78 is 0. The molecule has 0 bridgehead atoms. The van der Waals surface area contributed by atoms with Gasteiger partial charge >= 0.3 is 0 Å². The molecule has 0 spiro atoms. The molecule has 0 saturated carbocycles. The minimum atomic E-state index is 0.0112. The van der Waals surface area contributed by atoms with Crippen molar-refractivity contribution in [3.63, 3.8) is 0 Å². The third-order valence-electron chi connectivity index (χ3n) is 3.30. The van der Waals surface area contributed by atoms with E-state index >= 15 is 0 Å². The van der Waals surface area contributed by atoms with Gasteiger partial charge in [-0.25, -0.2) is 0 Å². The Morgan fingerprint density at radius 2 is 1.68 bits per heavy atom. The van der Waals surface area contributed by atoms with Crippen LogP contribution in [0.3, 0.4) is 0 Å². The monoisotopic (exact) mass is 288 g/mol. The maximum Gasteiger partial charge on any atom is 0.0353 e. The van der Waals surface area contributed by atoms with Crippen LogP contribution in [0.25, 0.3) is 10.8 Å². The summed E-state index contributed by atoms with van der Waals surface area (Å²) in [7, 11) is 0. The van der Waals surface area contributed by atoms with Crippen molar-refractivity contribution >= 4 is 10.8 Å². The van der Waals surface area contributed by atoms with Crippen LogP contribution in [0.4, 0.5) is 0 Å². The Morgan fingerprint density at radius 1 is 0.955 bits per heavy atom. The fraction of sp³-hybridized carbons (Fsp3) is 0.364. The molecule has 0 fully saturated rings. The molecule has 0 aliphatic heterocycles. The maximum atomic E-state index is 3.38. The molecule has 2 aromatic carbocycles. The van der Waals surface area contributed by atoms with Crippen LogP contribution in [0.15, 0.2) is 30.3 Å². The number of aryl methyl sites for hydroxylation is 1. The normalized spacial score (nSPS) is 10.9. The molecule has 0 amide bonds. The molecule has 0 saturated heterocycles. The van der Waals surface area contributed by atoms with Crippen molar-refractivity contribution in [2.45, 2.75) is 41.5 Å². The van der Waals surface area contributed by atoms with Crippen LogP contribution in [0.2, 0.25) is 0 Å². The van der Waals surface area contributed by atoms with E-state index in [1.807, 2.05) is 0 Å². The first-order valence-corrected chi connectivity index (χ1v) is 7.84. The van der Waals surface area contributed by atoms with E-state index in [1.165, 1.54) is 16.3 Å². The second-order valence-electron chi connectivity index (χ2n) is 7.12. The second-order valence-corrected chi connectivity index (χ2v) is 7.12. The molecule has 0 aromatic heterocycles. The second kappa shape index (κ2) is 6.29. The van der Waals surface area contributed by atoms with E-state index in [4.69, 9.17) is 0 Å². The Balaban J connectivity index is 2.57. The number of rotatable bonds is 0. The fourth-order valence-corrected chi connectivity index (χ4v) is 2.16. The minimum absolute atomic E-state index is 0.0112. The van der Waals surface area contributed by atoms with Crippen molar-refractivity contribution in [3.05, 3.63) is 47.0 Å². The molecule has 22 heavy (non-hydrogen) atoms. The first kappa shape index (κ1) is 16.2. The van der Waals surface area contributed by atoms with Crippen molar-refractivity contribution in [1.29, 1.82) is 0 Å². The zero-order chi connectivity index (χ0) is 16.3. The first-order valence-electron chi connectivity index (χ1n) is 7.84. The van der Waals surface area contributed by atoms with Crippen LogP contribution >= 0.6 is 0 Å². The summed E-state index contributed by atoms with van der Waals surface area (Å²) in [6.45, 7) is 12.8. The highest BCUT2D eigenvalue weighted by Gasteiger charge is 2.06. The highest BCUT2D eigenvalue weighted by molar-refractivity contribution is 5.90. The van der Waals surface area contributed by atoms with Crippen LogP contribution in [0, 0.1) is 41.9 Å². The average molecular weight is 288 g/mol. The van der Waals surface area contributed by atoms with Gasteiger partial charge in [0.05, 0.1) is 0 Å². The van der Waals surface area contributed by atoms with Gasteiger partial charge < -0.3 is 0 Å². The molecule has 0 radical (unpaired) electrons. The molecule has 0 heterocycles. The maximum absolute atomic E-state index is 3.38. The minimum Gasteiger partial charge on any atom is -0.0951 e. The van der Waals surface area contributed by atoms with E-state index in [-0.39, 0.29) is 5.41 Å². The van der Waals surface area contributed by atoms with Gasteiger partial charge in [-0.05, 0) is 56.2 Å². The fourth-order valence-electron chi connectivity index (χ4n) is 2.16. The van der Waals surface area contributed by atoms with Crippen molar-refractivity contribution in [2.24, 2.45) is 11.3 Å². The molecule has 0 aliphatic carbocycles. The van der Waals surface area contributed by atoms with Gasteiger partial charge in [0.15, 0.2) is 0 Å². The SMILES string of the molecule is Cc1ccc2cc(C#CC(C)C)ccc2c1C#CC(C)(C)C. The smallest absolute Gasteiger partial charge is 0.0353 e. The van der Waals surface area contributed by atoms with Gasteiger partial charge in [-0.15, -0.1) is 0 Å². The summed E-state index contributed by atoms with van der Waals surface area (Å²) in [5, 5.41) is 2.42. The van der Waals surface area contributed by atoms with Crippen LogP contribution in [-0.2, 0) is 0 Å². The van der Waals surface area contributed by atoms with Crippen LogP contribution in [-0.4, -0.2) is 0 Å². The van der Waals surface area contributed by atoms with Crippen LogP contribution < -0.4 is 0 Å². The quantitative estimate of drug-likeness (QED) is 0.557. The third kappa shape index (κ3) is 4.16. The molecular weight excluding hydrogens is 264 g/mol. The zero-order valence-corrected chi connectivity index (χ0v) is 14.5. The first-order chi connectivity index (χ1) is 10.3. The number of fused-ring (bicyclic) bond motifs is 1. The lowest BCUT2D eigenvalue weighted by molar-refractivity contribution is 0.571. The summed E-state index contributed by atoms with van der Waals surface area (Å²) in [6, 6.07) is 10.7. The van der Waals surface area contributed by atoms with Gasteiger partial charge in [0.25, 0.3) is 0 Å². The van der Waals surface area contributed by atoms with E-state index in [1.54, 1.807) is 0 Å². The van der Waals surface area contributed by atoms with Crippen molar-refractivity contribution in [3.8, 4) is 23.7 Å². The molecule has 2 rings (SSSR count). The van der Waals surface area contributed by atoms with Crippen molar-refractivity contribution in [1.82, 2.24) is 0 Å². The van der Waals surface area contributed by atoms with Gasteiger partial charge in [0, 0.05) is 22.5 Å². The van der Waals surface area contributed by atoms with Gasteiger partial charge in [-0.1, -0.05) is 55.7 Å². The lowest BCUT2D eigenvalue weighted by atomic mass is 9.94. The highest BCUT2D eigenvalue weighted by Crippen LogP contribution is 2.23. The van der Waals surface area contributed by atoms with E-state index in [2.05, 4.69) is 95.6 Å². The molecule has 0 N–H and O–H groups in total. The average Bonchev–Trinajstić information content (AvgIpc) is 2.43. The summed E-state index contributed by atoms with van der Waals surface area (Å²) in [5.74, 6) is 13.6. The van der Waals surface area contributed by atoms with E-state index in [0.29, 0.717) is 5.92 Å². The van der Waals surface area contributed by atoms with Gasteiger partial charge in [0.1, 0.15) is 0 Å². The molecule has 2 aromatic rings. The van der Waals surface area contributed by atoms with Crippen LogP contribution in [0.5, 0.6) is 0 Å². The molecular formula is C22H24. The summed E-state index contributed by atoms with van der Waals surface area (Å²) >= 11 is 0. The molecule has 0 aliphatic rings. The standard InChI is InChI=1S/C22H24/c1-16(2)7-9-18-10-12-21-19(15-18)11-8-17(3)20(21)13-14-22(4,5)6/h8,10-12,15-16H,1-6H3. The number of benzene rings is 2. The topological polar surface area (TPSA) is 0 Å². The Morgan fingerprint density at radius 3 is 2.32 bits per heavy atom. The van der Waals surface area contributed by atoms with E-state index < -0.39 is 0 Å². The Labute approximate surface area is 134 Å². The van der Waals surface area contributed by atoms with Gasteiger partial charge in [-0.3, -0.25) is 0 Å². The predicted molar refractivity (Wildman–Crippen MR) is 96.7 cm³/mol. The zero-order valence-electron chi connectivity index (χ0n) is 14.5. The van der Waals surface area contributed by atoms with Crippen molar-refractivity contribution < 1.29 is 0 Å². The lowest BCUT2D eigenvalue weighted by Crippen LogP contribution is -1.99. The largest absolute Gasteiger partial charge is 0.0951 e. The number of hydrogen-bond acceptors (Lipinski definition) is 0.